The van der Waals surface area contributed by atoms with Gasteiger partial charge in [0.2, 0.25) is 5.78 Å². The van der Waals surface area contributed by atoms with Crippen LogP contribution in [0.15, 0.2) is 53.4 Å². The van der Waals surface area contributed by atoms with Crippen molar-refractivity contribution in [3.63, 3.8) is 0 Å². The Morgan fingerprint density at radius 1 is 1.00 bits per heavy atom. The number of nitrogens with one attached hydrogen (secondary N) is 1. The molecule has 106 valence electrons. The Morgan fingerprint density at radius 3 is 2.43 bits per heavy atom. The molecule has 3 rings (SSSR count). The molecule has 1 heterocycles. The zero-order valence-corrected chi connectivity index (χ0v) is 12.3. The Labute approximate surface area is 127 Å². The van der Waals surface area contributed by atoms with Crippen molar-refractivity contribution < 1.29 is 13.2 Å². The van der Waals surface area contributed by atoms with E-state index in [1.54, 1.807) is 42.5 Å². The third-order valence-electron chi connectivity index (χ3n) is 3.12. The highest BCUT2D eigenvalue weighted by Crippen LogP contribution is 2.31. The van der Waals surface area contributed by atoms with Crippen LogP contribution in [0.3, 0.4) is 0 Å². The molecule has 6 heteroatoms. The van der Waals surface area contributed by atoms with Crippen molar-refractivity contribution in [2.75, 3.05) is 4.72 Å². The predicted octanol–water partition coefficient (Wildman–Crippen LogP) is 3.32. The summed E-state index contributed by atoms with van der Waals surface area (Å²) in [6.45, 7) is 0. The second-order valence-corrected chi connectivity index (χ2v) is 6.57. The van der Waals surface area contributed by atoms with Crippen molar-refractivity contribution >= 4 is 39.2 Å². The van der Waals surface area contributed by atoms with Gasteiger partial charge in [-0.15, -0.1) is 0 Å². The fourth-order valence-corrected chi connectivity index (χ4v) is 3.54. The maximum Gasteiger partial charge on any atom is 0.265 e. The molecule has 1 N–H and O–H groups in total. The average molecular weight is 320 g/mol. The molecule has 0 amide bonds. The minimum absolute atomic E-state index is 0.162. The molecule has 0 aliphatic carbocycles. The summed E-state index contributed by atoms with van der Waals surface area (Å²) in [6, 6.07) is 13.2. The molecule has 1 aliphatic rings. The van der Waals surface area contributed by atoms with Crippen LogP contribution < -0.4 is 4.72 Å². The summed E-state index contributed by atoms with van der Waals surface area (Å²) in [6.07, 6.45) is 1.37. The highest BCUT2D eigenvalue weighted by Gasteiger charge is 2.30. The number of anilines is 1. The van der Waals surface area contributed by atoms with Gasteiger partial charge in [0.1, 0.15) is 4.91 Å². The summed E-state index contributed by atoms with van der Waals surface area (Å²) in [5.41, 5.74) is 1.26. The van der Waals surface area contributed by atoms with Crippen LogP contribution >= 0.6 is 11.6 Å². The summed E-state index contributed by atoms with van der Waals surface area (Å²) < 4.78 is 26.9. The third-order valence-corrected chi connectivity index (χ3v) is 4.82. The smallest absolute Gasteiger partial charge is 0.265 e. The van der Waals surface area contributed by atoms with Crippen molar-refractivity contribution in [2.24, 2.45) is 0 Å². The molecule has 2 aromatic rings. The van der Waals surface area contributed by atoms with Crippen molar-refractivity contribution in [3.05, 3.63) is 69.6 Å². The van der Waals surface area contributed by atoms with E-state index in [1.165, 1.54) is 12.1 Å². The molecule has 0 spiro atoms. The molecule has 21 heavy (non-hydrogen) atoms. The number of sulfonamides is 1. The maximum atomic E-state index is 12.5. The van der Waals surface area contributed by atoms with Gasteiger partial charge < -0.3 is 0 Å². The molecular formula is C15H10ClNO3S. The lowest BCUT2D eigenvalue weighted by Crippen LogP contribution is -2.24. The molecule has 0 aromatic heterocycles. The van der Waals surface area contributed by atoms with Crippen LogP contribution in [0.4, 0.5) is 5.69 Å². The van der Waals surface area contributed by atoms with Crippen LogP contribution in [-0.4, -0.2) is 14.2 Å². The Morgan fingerprint density at radius 2 is 1.67 bits per heavy atom. The molecule has 0 saturated heterocycles. The lowest BCUT2D eigenvalue weighted by Gasteiger charge is -2.18. The molecule has 0 fully saturated rings. The highest BCUT2D eigenvalue weighted by atomic mass is 35.5. The number of carbonyl (C=O) groups excluding carboxylic acids is 1. The van der Waals surface area contributed by atoms with Gasteiger partial charge in [0, 0.05) is 11.1 Å². The molecule has 0 unspecified atom stereocenters. The van der Waals surface area contributed by atoms with Crippen LogP contribution in [0.25, 0.3) is 6.08 Å². The van der Waals surface area contributed by atoms with Gasteiger partial charge in [0.25, 0.3) is 10.0 Å². The Hall–Kier alpha value is -2.11. The first kappa shape index (κ1) is 13.9. The van der Waals surface area contributed by atoms with E-state index in [1.807, 2.05) is 0 Å². The lowest BCUT2D eigenvalue weighted by molar-refractivity contribution is 0.104. The standard InChI is InChI=1S/C15H10ClNO3S/c16-12-7-3-2-6-11(12)15(18)14-9-10-5-1-4-8-13(10)17-21(14,19)20/h1-9,17H. The molecule has 1 aliphatic heterocycles. The highest BCUT2D eigenvalue weighted by molar-refractivity contribution is 7.97. The zero-order chi connectivity index (χ0) is 15.0. The van der Waals surface area contributed by atoms with Crippen LogP contribution in [0.5, 0.6) is 0 Å². The van der Waals surface area contributed by atoms with Crippen molar-refractivity contribution in [1.82, 2.24) is 0 Å². The topological polar surface area (TPSA) is 63.2 Å². The van der Waals surface area contributed by atoms with Gasteiger partial charge in [-0.25, -0.2) is 8.42 Å². The number of Topliss-reactive ketones (excluding diaryl/α,β-unsaturated/α-hetero) is 1. The Kier molecular flexibility index (Phi) is 3.31. The maximum absolute atomic E-state index is 12.5. The normalized spacial score (nSPS) is 15.6. The van der Waals surface area contributed by atoms with Gasteiger partial charge in [-0.05, 0) is 24.3 Å². The summed E-state index contributed by atoms with van der Waals surface area (Å²) >= 11 is 5.97. The van der Waals surface area contributed by atoms with Crippen LogP contribution in [0.1, 0.15) is 15.9 Å². The van der Waals surface area contributed by atoms with Crippen LogP contribution in [-0.2, 0) is 10.0 Å². The fraction of sp³-hybridized carbons (Fsp3) is 0. The molecule has 2 aromatic carbocycles. The number of hydrogen-bond acceptors (Lipinski definition) is 3. The first-order valence-electron chi connectivity index (χ1n) is 6.12. The Bertz CT molecular complexity index is 872. The van der Waals surface area contributed by atoms with E-state index in [0.29, 0.717) is 11.3 Å². The first-order chi connectivity index (χ1) is 9.99. The summed E-state index contributed by atoms with van der Waals surface area (Å²) in [4.78, 5) is 12.2. The molecule has 4 nitrogen and oxygen atoms in total. The largest absolute Gasteiger partial charge is 0.288 e. The van der Waals surface area contributed by atoms with E-state index in [0.717, 1.165) is 0 Å². The second-order valence-electron chi connectivity index (χ2n) is 4.51. The summed E-state index contributed by atoms with van der Waals surface area (Å²) in [5.74, 6) is -0.623. The van der Waals surface area contributed by atoms with Crippen molar-refractivity contribution in [3.8, 4) is 0 Å². The SMILES string of the molecule is O=C(C1=Cc2ccccc2NS1(=O)=O)c1ccccc1Cl. The van der Waals surface area contributed by atoms with Crippen molar-refractivity contribution in [1.29, 1.82) is 0 Å². The van der Waals surface area contributed by atoms with Gasteiger partial charge >= 0.3 is 0 Å². The van der Waals surface area contributed by atoms with E-state index in [2.05, 4.69) is 4.72 Å². The van der Waals surface area contributed by atoms with E-state index in [4.69, 9.17) is 11.6 Å². The average Bonchev–Trinajstić information content (AvgIpc) is 2.45. The predicted molar refractivity (Wildman–Crippen MR) is 82.7 cm³/mol. The van der Waals surface area contributed by atoms with Gasteiger partial charge in [0.05, 0.1) is 10.7 Å². The van der Waals surface area contributed by atoms with Crippen molar-refractivity contribution in [2.45, 2.75) is 0 Å². The molecule has 0 saturated carbocycles. The van der Waals surface area contributed by atoms with E-state index in [9.17, 15) is 13.2 Å². The monoisotopic (exact) mass is 319 g/mol. The van der Waals surface area contributed by atoms with Gasteiger partial charge in [-0.1, -0.05) is 41.9 Å². The van der Waals surface area contributed by atoms with E-state index >= 15 is 0 Å². The number of ketones is 1. The van der Waals surface area contributed by atoms with E-state index < -0.39 is 15.8 Å². The van der Waals surface area contributed by atoms with E-state index in [-0.39, 0.29) is 15.5 Å². The van der Waals surface area contributed by atoms with Crippen LogP contribution in [0, 0.1) is 0 Å². The molecule has 0 atom stereocenters. The molecule has 0 bridgehead atoms. The summed E-state index contributed by atoms with van der Waals surface area (Å²) in [7, 11) is -3.90. The molecular weight excluding hydrogens is 310 g/mol. The van der Waals surface area contributed by atoms with Gasteiger partial charge in [0.15, 0.2) is 0 Å². The number of carbonyl (C=O) groups is 1. The number of halogens is 1. The number of fused-ring (bicyclic) bond motifs is 1. The minimum atomic E-state index is -3.90. The second kappa shape index (κ2) is 5.02. The van der Waals surface area contributed by atoms with Crippen LogP contribution in [0.2, 0.25) is 5.02 Å². The summed E-state index contributed by atoms with van der Waals surface area (Å²) in [5, 5.41) is 0.220. The Balaban J connectivity index is 2.16. The first-order valence-corrected chi connectivity index (χ1v) is 7.98. The number of benzene rings is 2. The fourth-order valence-electron chi connectivity index (χ4n) is 2.10. The number of para-hydroxylation sites is 1. The zero-order valence-electron chi connectivity index (χ0n) is 10.7. The van der Waals surface area contributed by atoms with Gasteiger partial charge in [-0.2, -0.15) is 0 Å². The quantitative estimate of drug-likeness (QED) is 0.864. The number of allylic oxidation sites excluding steroid dienone is 1. The minimum Gasteiger partial charge on any atom is -0.288 e. The van der Waals surface area contributed by atoms with Gasteiger partial charge in [-0.3, -0.25) is 9.52 Å². The lowest BCUT2D eigenvalue weighted by atomic mass is 10.1. The molecule has 0 radical (unpaired) electrons. The third kappa shape index (κ3) is 2.46. The number of rotatable bonds is 2. The number of hydrogen-bond donors (Lipinski definition) is 1.